The fourth-order valence-electron chi connectivity index (χ4n) is 1.25. The summed E-state index contributed by atoms with van der Waals surface area (Å²) in [6.45, 7) is 2.59. The summed E-state index contributed by atoms with van der Waals surface area (Å²) >= 11 is 1.95. The van der Waals surface area contributed by atoms with Gasteiger partial charge in [0.1, 0.15) is 5.60 Å². The van der Waals surface area contributed by atoms with Crippen LogP contribution in [0.5, 0.6) is 0 Å². The van der Waals surface area contributed by atoms with Gasteiger partial charge in [0.05, 0.1) is 6.61 Å². The highest BCUT2D eigenvalue weighted by Crippen LogP contribution is 2.34. The monoisotopic (exact) mass is 160 g/mol. The van der Waals surface area contributed by atoms with Crippen molar-refractivity contribution in [3.63, 3.8) is 0 Å². The molecule has 2 nitrogen and oxygen atoms in total. The summed E-state index contributed by atoms with van der Waals surface area (Å²) < 4.78 is 11.1. The fourth-order valence-corrected chi connectivity index (χ4v) is 2.24. The van der Waals surface area contributed by atoms with Crippen molar-refractivity contribution in [2.75, 3.05) is 31.3 Å². The quantitative estimate of drug-likeness (QED) is 0.525. The van der Waals surface area contributed by atoms with Gasteiger partial charge in [0.15, 0.2) is 0 Å². The van der Waals surface area contributed by atoms with Gasteiger partial charge in [-0.25, -0.2) is 0 Å². The largest absolute Gasteiger partial charge is 0.378 e. The lowest BCUT2D eigenvalue weighted by atomic mass is 10.1. The van der Waals surface area contributed by atoms with Gasteiger partial charge in [-0.05, 0) is 6.42 Å². The number of hydrogen-bond acceptors (Lipinski definition) is 3. The highest BCUT2D eigenvalue weighted by Gasteiger charge is 2.40. The van der Waals surface area contributed by atoms with Crippen LogP contribution in [-0.4, -0.2) is 36.9 Å². The molecule has 3 heteroatoms. The summed E-state index contributed by atoms with van der Waals surface area (Å²) in [4.78, 5) is 0. The average molecular weight is 160 g/mol. The predicted octanol–water partition coefficient (Wildman–Crippen LogP) is 0.909. The maximum Gasteiger partial charge on any atom is 0.109 e. The van der Waals surface area contributed by atoms with Crippen molar-refractivity contribution in [1.82, 2.24) is 0 Å². The van der Waals surface area contributed by atoms with Crippen molar-refractivity contribution in [3.05, 3.63) is 0 Å². The normalized spacial score (nSPS) is 31.2. The van der Waals surface area contributed by atoms with Gasteiger partial charge in [-0.3, -0.25) is 0 Å². The molecule has 0 saturated carbocycles. The van der Waals surface area contributed by atoms with Gasteiger partial charge in [0.2, 0.25) is 0 Å². The minimum atomic E-state index is 0.126. The Kier molecular flexibility index (Phi) is 1.89. The predicted molar refractivity (Wildman–Crippen MR) is 41.4 cm³/mol. The van der Waals surface area contributed by atoms with Gasteiger partial charge < -0.3 is 9.47 Å². The topological polar surface area (TPSA) is 18.5 Å². The lowest BCUT2D eigenvalue weighted by Crippen LogP contribution is -2.49. The molecule has 0 aromatic heterocycles. The van der Waals surface area contributed by atoms with Crippen LogP contribution in [0.4, 0.5) is 0 Å². The Morgan fingerprint density at radius 1 is 1.20 bits per heavy atom. The molecule has 58 valence electrons. The van der Waals surface area contributed by atoms with E-state index in [9.17, 15) is 0 Å². The van der Waals surface area contributed by atoms with E-state index in [-0.39, 0.29) is 5.60 Å². The molecule has 2 heterocycles. The molecular weight excluding hydrogens is 148 g/mol. The second kappa shape index (κ2) is 2.72. The van der Waals surface area contributed by atoms with Crippen LogP contribution >= 0.6 is 11.8 Å². The highest BCUT2D eigenvalue weighted by atomic mass is 32.2. The van der Waals surface area contributed by atoms with Gasteiger partial charge in [-0.2, -0.15) is 11.8 Å². The summed E-state index contributed by atoms with van der Waals surface area (Å²) in [7, 11) is 0. The Balaban J connectivity index is 1.92. The van der Waals surface area contributed by atoms with Crippen molar-refractivity contribution in [2.24, 2.45) is 0 Å². The molecule has 0 aromatic carbocycles. The van der Waals surface area contributed by atoms with Crippen molar-refractivity contribution in [1.29, 1.82) is 0 Å². The molecule has 0 atom stereocenters. The van der Waals surface area contributed by atoms with Crippen LogP contribution in [0.3, 0.4) is 0 Å². The third kappa shape index (κ3) is 1.18. The smallest absolute Gasteiger partial charge is 0.109 e. The Morgan fingerprint density at radius 2 is 2.10 bits per heavy atom. The van der Waals surface area contributed by atoms with Gasteiger partial charge in [-0.1, -0.05) is 0 Å². The van der Waals surface area contributed by atoms with Crippen LogP contribution in [0.2, 0.25) is 0 Å². The van der Waals surface area contributed by atoms with Crippen LogP contribution in [0, 0.1) is 0 Å². The van der Waals surface area contributed by atoms with Gasteiger partial charge in [0, 0.05) is 24.7 Å². The van der Waals surface area contributed by atoms with Crippen molar-refractivity contribution < 1.29 is 9.47 Å². The lowest BCUT2D eigenvalue weighted by molar-refractivity contribution is -0.0417. The van der Waals surface area contributed by atoms with Crippen LogP contribution in [-0.2, 0) is 9.47 Å². The maximum absolute atomic E-state index is 5.68. The Bertz CT molecular complexity index is 113. The first kappa shape index (κ1) is 6.95. The third-order valence-electron chi connectivity index (χ3n) is 1.94. The summed E-state index contributed by atoms with van der Waals surface area (Å²) in [5.74, 6) is 2.26. The number of rotatable bonds is 0. The molecule has 10 heavy (non-hydrogen) atoms. The first-order valence-corrected chi connectivity index (χ1v) is 4.86. The Labute approximate surface area is 65.3 Å². The molecule has 0 N–H and O–H groups in total. The van der Waals surface area contributed by atoms with E-state index in [2.05, 4.69) is 0 Å². The number of thioether (sulfide) groups is 1. The van der Waals surface area contributed by atoms with Crippen LogP contribution in [0.1, 0.15) is 6.42 Å². The highest BCUT2D eigenvalue weighted by molar-refractivity contribution is 8.00. The van der Waals surface area contributed by atoms with E-state index >= 15 is 0 Å². The van der Waals surface area contributed by atoms with Crippen molar-refractivity contribution in [3.8, 4) is 0 Å². The van der Waals surface area contributed by atoms with Crippen LogP contribution in [0.15, 0.2) is 0 Å². The molecule has 0 aliphatic carbocycles. The second-order valence-corrected chi connectivity index (χ2v) is 3.92. The van der Waals surface area contributed by atoms with E-state index < -0.39 is 0 Å². The zero-order valence-corrected chi connectivity index (χ0v) is 6.78. The molecular formula is C7H12O2S. The standard InChI is InChI=1S/C7H12O2S/c1-2-8-4-7(9-3-1)5-10-6-7/h1-6H2. The minimum absolute atomic E-state index is 0.126. The van der Waals surface area contributed by atoms with Gasteiger partial charge >= 0.3 is 0 Å². The molecule has 2 fully saturated rings. The summed E-state index contributed by atoms with van der Waals surface area (Å²) in [5.41, 5.74) is 0.126. The summed E-state index contributed by atoms with van der Waals surface area (Å²) in [6.07, 6.45) is 1.06. The molecule has 2 aliphatic heterocycles. The van der Waals surface area contributed by atoms with Gasteiger partial charge in [0.25, 0.3) is 0 Å². The lowest BCUT2D eigenvalue weighted by Gasteiger charge is -2.39. The molecule has 2 aliphatic rings. The molecule has 0 bridgehead atoms. The molecule has 0 aromatic rings. The molecule has 1 spiro atoms. The fraction of sp³-hybridized carbons (Fsp3) is 1.00. The van der Waals surface area contributed by atoms with Crippen molar-refractivity contribution >= 4 is 11.8 Å². The van der Waals surface area contributed by atoms with Gasteiger partial charge in [-0.15, -0.1) is 0 Å². The molecule has 2 saturated heterocycles. The zero-order valence-electron chi connectivity index (χ0n) is 5.97. The van der Waals surface area contributed by atoms with Crippen molar-refractivity contribution in [2.45, 2.75) is 12.0 Å². The van der Waals surface area contributed by atoms with Crippen LogP contribution in [0.25, 0.3) is 0 Å². The second-order valence-electron chi connectivity index (χ2n) is 2.93. The average Bonchev–Trinajstić information content (AvgIpc) is 2.08. The SMILES string of the molecule is C1COCC2(CSC2)OC1. The molecule has 0 amide bonds. The zero-order chi connectivity index (χ0) is 6.86. The van der Waals surface area contributed by atoms with E-state index in [4.69, 9.17) is 9.47 Å². The third-order valence-corrected chi connectivity index (χ3v) is 3.40. The molecule has 0 radical (unpaired) electrons. The summed E-state index contributed by atoms with van der Waals surface area (Å²) in [6, 6.07) is 0. The van der Waals surface area contributed by atoms with E-state index in [1.807, 2.05) is 11.8 Å². The van der Waals surface area contributed by atoms with E-state index in [0.717, 1.165) is 37.7 Å². The first-order chi connectivity index (χ1) is 4.91. The summed E-state index contributed by atoms with van der Waals surface area (Å²) in [5, 5.41) is 0. The Morgan fingerprint density at radius 3 is 2.80 bits per heavy atom. The minimum Gasteiger partial charge on any atom is -0.378 e. The van der Waals surface area contributed by atoms with Crippen LogP contribution < -0.4 is 0 Å². The Hall–Kier alpha value is 0.270. The first-order valence-electron chi connectivity index (χ1n) is 3.71. The van der Waals surface area contributed by atoms with E-state index in [0.29, 0.717) is 0 Å². The number of hydrogen-bond donors (Lipinski definition) is 0. The molecule has 0 unspecified atom stereocenters. The maximum atomic E-state index is 5.68. The van der Waals surface area contributed by atoms with E-state index in [1.165, 1.54) is 0 Å². The molecule has 2 rings (SSSR count). The van der Waals surface area contributed by atoms with E-state index in [1.54, 1.807) is 0 Å². The number of ether oxygens (including phenoxy) is 2.